The molecular formula is C31H32N2O5. The van der Waals surface area contributed by atoms with Gasteiger partial charge in [-0.05, 0) is 49.4 Å². The number of hydrogen-bond donors (Lipinski definition) is 0. The minimum Gasteiger partial charge on any atom is -0.491 e. The Labute approximate surface area is 221 Å². The van der Waals surface area contributed by atoms with Crippen LogP contribution in [0.5, 0.6) is 5.75 Å². The van der Waals surface area contributed by atoms with E-state index in [1.807, 2.05) is 74.5 Å². The van der Waals surface area contributed by atoms with E-state index in [0.717, 1.165) is 55.6 Å². The molecule has 7 nitrogen and oxygen atoms in total. The number of rotatable bonds is 7. The number of amides is 1. The molecule has 2 aliphatic heterocycles. The maximum absolute atomic E-state index is 14.0. The first-order valence-corrected chi connectivity index (χ1v) is 13.4. The van der Waals surface area contributed by atoms with Crippen LogP contribution in [0.2, 0.25) is 0 Å². The third kappa shape index (κ3) is 4.46. The van der Waals surface area contributed by atoms with Crippen LogP contribution in [0.4, 0.5) is 0 Å². The molecule has 0 aliphatic carbocycles. The molecule has 196 valence electrons. The van der Waals surface area contributed by atoms with Crippen LogP contribution in [0.15, 0.2) is 69.9 Å². The molecule has 7 heteroatoms. The Morgan fingerprint density at radius 3 is 2.58 bits per heavy atom. The topological polar surface area (TPSA) is 72.2 Å². The summed E-state index contributed by atoms with van der Waals surface area (Å²) in [4.78, 5) is 32.1. The van der Waals surface area contributed by atoms with Crippen molar-refractivity contribution in [2.24, 2.45) is 0 Å². The molecule has 0 spiro atoms. The van der Waals surface area contributed by atoms with Crippen molar-refractivity contribution >= 4 is 27.6 Å². The standard InChI is InChI=1S/C31H32N2O5/c1-20(2)37-23-9-5-8-22(19-23)27-26-28(34)25-12-11-21-7-3-4-10-24(21)29(25)38-30(26)31(35)33(27)14-6-13-32-15-17-36-18-16-32/h3-5,7-12,19-20,27H,6,13-18H2,1-2H3. The highest BCUT2D eigenvalue weighted by molar-refractivity contribution is 6.06. The third-order valence-electron chi connectivity index (χ3n) is 7.38. The van der Waals surface area contributed by atoms with Crippen LogP contribution in [-0.4, -0.2) is 61.2 Å². The SMILES string of the molecule is CC(C)Oc1cccc(C2c3c(oc4c(ccc5ccccc54)c3=O)C(=O)N2CCCN2CCOCC2)c1. The molecule has 4 aromatic rings. The van der Waals surface area contributed by atoms with E-state index in [1.165, 1.54) is 0 Å². The Kier molecular flexibility index (Phi) is 6.64. The molecule has 0 saturated carbocycles. The van der Waals surface area contributed by atoms with Gasteiger partial charge in [0.2, 0.25) is 5.76 Å². The van der Waals surface area contributed by atoms with Gasteiger partial charge in [0.15, 0.2) is 5.43 Å². The molecule has 0 N–H and O–H groups in total. The highest BCUT2D eigenvalue weighted by Gasteiger charge is 2.42. The Bertz CT molecular complexity index is 1550. The minimum absolute atomic E-state index is 0.00895. The van der Waals surface area contributed by atoms with Gasteiger partial charge in [-0.3, -0.25) is 14.5 Å². The van der Waals surface area contributed by atoms with Crippen molar-refractivity contribution in [1.82, 2.24) is 9.80 Å². The largest absolute Gasteiger partial charge is 0.491 e. The van der Waals surface area contributed by atoms with Crippen molar-refractivity contribution in [2.75, 3.05) is 39.4 Å². The van der Waals surface area contributed by atoms with Crippen LogP contribution in [0, 0.1) is 0 Å². The van der Waals surface area contributed by atoms with Gasteiger partial charge in [-0.1, -0.05) is 42.5 Å². The lowest BCUT2D eigenvalue weighted by molar-refractivity contribution is 0.0353. The minimum atomic E-state index is -0.537. The number of fused-ring (bicyclic) bond motifs is 4. The summed E-state index contributed by atoms with van der Waals surface area (Å²) >= 11 is 0. The third-order valence-corrected chi connectivity index (χ3v) is 7.38. The molecule has 1 atom stereocenters. The Morgan fingerprint density at radius 2 is 1.76 bits per heavy atom. The first kappa shape index (κ1) is 24.6. The summed E-state index contributed by atoms with van der Waals surface area (Å²) in [6, 6.07) is 18.7. The number of morpholine rings is 1. The molecule has 1 fully saturated rings. The summed E-state index contributed by atoms with van der Waals surface area (Å²) in [6.45, 7) is 8.58. The number of carbonyl (C=O) groups is 1. The first-order valence-electron chi connectivity index (χ1n) is 13.4. The van der Waals surface area contributed by atoms with E-state index in [1.54, 1.807) is 4.90 Å². The second kappa shape index (κ2) is 10.2. The summed E-state index contributed by atoms with van der Waals surface area (Å²) in [5.41, 5.74) is 1.56. The van der Waals surface area contributed by atoms with E-state index in [2.05, 4.69) is 4.90 Å². The smallest absolute Gasteiger partial charge is 0.290 e. The monoisotopic (exact) mass is 512 g/mol. The van der Waals surface area contributed by atoms with E-state index in [9.17, 15) is 9.59 Å². The Balaban J connectivity index is 1.44. The van der Waals surface area contributed by atoms with E-state index in [0.29, 0.717) is 28.8 Å². The number of hydrogen-bond acceptors (Lipinski definition) is 6. The number of ether oxygens (including phenoxy) is 2. The zero-order chi connectivity index (χ0) is 26.2. The van der Waals surface area contributed by atoms with E-state index >= 15 is 0 Å². The normalized spacial score (nSPS) is 18.0. The fourth-order valence-corrected chi connectivity index (χ4v) is 5.64. The van der Waals surface area contributed by atoms with Crippen molar-refractivity contribution < 1.29 is 18.7 Å². The van der Waals surface area contributed by atoms with Gasteiger partial charge in [0.25, 0.3) is 5.91 Å². The van der Waals surface area contributed by atoms with Gasteiger partial charge < -0.3 is 18.8 Å². The first-order chi connectivity index (χ1) is 18.5. The van der Waals surface area contributed by atoms with Gasteiger partial charge in [-0.15, -0.1) is 0 Å². The van der Waals surface area contributed by atoms with Crippen LogP contribution in [0.3, 0.4) is 0 Å². The molecule has 1 aromatic heterocycles. The van der Waals surface area contributed by atoms with Crippen LogP contribution >= 0.6 is 0 Å². The van der Waals surface area contributed by atoms with E-state index in [4.69, 9.17) is 13.9 Å². The van der Waals surface area contributed by atoms with Crippen LogP contribution < -0.4 is 10.2 Å². The second-order valence-electron chi connectivity index (χ2n) is 10.3. The van der Waals surface area contributed by atoms with Crippen molar-refractivity contribution in [3.8, 4) is 5.75 Å². The molecule has 3 heterocycles. The van der Waals surface area contributed by atoms with Crippen molar-refractivity contribution in [3.63, 3.8) is 0 Å². The summed E-state index contributed by atoms with van der Waals surface area (Å²) in [7, 11) is 0. The Morgan fingerprint density at radius 1 is 0.947 bits per heavy atom. The maximum atomic E-state index is 14.0. The summed E-state index contributed by atoms with van der Waals surface area (Å²) in [5, 5.41) is 2.28. The number of nitrogens with zero attached hydrogens (tertiary/aromatic N) is 2. The van der Waals surface area contributed by atoms with Gasteiger partial charge in [-0.25, -0.2) is 0 Å². The van der Waals surface area contributed by atoms with Crippen molar-refractivity contribution in [2.45, 2.75) is 32.4 Å². The molecular weight excluding hydrogens is 480 g/mol. The molecule has 1 amide bonds. The fourth-order valence-electron chi connectivity index (χ4n) is 5.64. The predicted molar refractivity (Wildman–Crippen MR) is 147 cm³/mol. The molecule has 3 aromatic carbocycles. The van der Waals surface area contributed by atoms with Gasteiger partial charge in [0.1, 0.15) is 11.3 Å². The molecule has 1 saturated heterocycles. The van der Waals surface area contributed by atoms with Gasteiger partial charge in [0, 0.05) is 31.6 Å². The lowest BCUT2D eigenvalue weighted by Crippen LogP contribution is -2.38. The quantitative estimate of drug-likeness (QED) is 0.325. The lowest BCUT2D eigenvalue weighted by atomic mass is 9.97. The second-order valence-corrected chi connectivity index (χ2v) is 10.3. The van der Waals surface area contributed by atoms with Gasteiger partial charge in [0.05, 0.1) is 36.3 Å². The molecule has 0 radical (unpaired) electrons. The average molecular weight is 513 g/mol. The van der Waals surface area contributed by atoms with Crippen LogP contribution in [-0.2, 0) is 4.74 Å². The molecule has 38 heavy (non-hydrogen) atoms. The van der Waals surface area contributed by atoms with Gasteiger partial charge >= 0.3 is 0 Å². The van der Waals surface area contributed by atoms with Crippen molar-refractivity contribution in [3.05, 3.63) is 87.8 Å². The van der Waals surface area contributed by atoms with E-state index < -0.39 is 6.04 Å². The molecule has 0 bridgehead atoms. The molecule has 2 aliphatic rings. The zero-order valence-electron chi connectivity index (χ0n) is 21.8. The highest BCUT2D eigenvalue weighted by Crippen LogP contribution is 2.40. The average Bonchev–Trinajstić information content (AvgIpc) is 3.21. The highest BCUT2D eigenvalue weighted by atomic mass is 16.5. The number of carbonyl (C=O) groups excluding carboxylic acids is 1. The Hall–Kier alpha value is -3.68. The lowest BCUT2D eigenvalue weighted by Gasteiger charge is -2.29. The van der Waals surface area contributed by atoms with Gasteiger partial charge in [-0.2, -0.15) is 0 Å². The summed E-state index contributed by atoms with van der Waals surface area (Å²) < 4.78 is 17.8. The maximum Gasteiger partial charge on any atom is 0.290 e. The molecule has 1 unspecified atom stereocenters. The summed E-state index contributed by atoms with van der Waals surface area (Å²) in [5.74, 6) is 0.613. The number of benzene rings is 3. The predicted octanol–water partition coefficient (Wildman–Crippen LogP) is 5.00. The zero-order valence-corrected chi connectivity index (χ0v) is 21.8. The fraction of sp³-hybridized carbons (Fsp3) is 0.355. The summed E-state index contributed by atoms with van der Waals surface area (Å²) in [6.07, 6.45) is 0.796. The molecule has 6 rings (SSSR count). The van der Waals surface area contributed by atoms with Crippen LogP contribution in [0.25, 0.3) is 21.7 Å². The van der Waals surface area contributed by atoms with Crippen molar-refractivity contribution in [1.29, 1.82) is 0 Å². The van der Waals surface area contributed by atoms with E-state index in [-0.39, 0.29) is 23.2 Å². The van der Waals surface area contributed by atoms with Crippen LogP contribution in [0.1, 0.15) is 48.0 Å².